The first-order valence-electron chi connectivity index (χ1n) is 3.30. The molecule has 0 fully saturated rings. The molecule has 0 saturated carbocycles. The van der Waals surface area contributed by atoms with Gasteiger partial charge >= 0.3 is 0 Å². The molecular formula is C5H10N6O. The lowest BCUT2D eigenvalue weighted by Crippen LogP contribution is -2.09. The molecular weight excluding hydrogens is 160 g/mol. The minimum absolute atomic E-state index is 0.102. The van der Waals surface area contributed by atoms with E-state index < -0.39 is 0 Å². The molecule has 7 nitrogen and oxygen atoms in total. The maximum absolute atomic E-state index is 8.50. The molecule has 1 rings (SSSR count). The predicted octanol–water partition coefficient (Wildman–Crippen LogP) is -1.14. The van der Waals surface area contributed by atoms with Gasteiger partial charge in [-0.1, -0.05) is 0 Å². The third kappa shape index (κ3) is 1.92. The first kappa shape index (κ1) is 8.47. The van der Waals surface area contributed by atoms with Gasteiger partial charge in [0.15, 0.2) is 0 Å². The third-order valence-electron chi connectivity index (χ3n) is 1.11. The van der Waals surface area contributed by atoms with E-state index >= 15 is 0 Å². The Morgan fingerprint density at radius 3 is 2.58 bits per heavy atom. The average molecular weight is 170 g/mol. The van der Waals surface area contributed by atoms with Crippen LogP contribution in [0, 0.1) is 0 Å². The Morgan fingerprint density at radius 1 is 1.33 bits per heavy atom. The minimum Gasteiger partial charge on any atom is -0.376 e. The van der Waals surface area contributed by atoms with Crippen molar-refractivity contribution in [2.24, 2.45) is 0 Å². The van der Waals surface area contributed by atoms with E-state index in [2.05, 4.69) is 25.6 Å². The number of nitrogens with zero attached hydrogens (tertiary/aromatic N) is 3. The number of hydrogen-bond acceptors (Lipinski definition) is 7. The summed E-state index contributed by atoms with van der Waals surface area (Å²) in [5, 5.41) is 13.7. The lowest BCUT2D eigenvalue weighted by molar-refractivity contribution is 0.324. The molecule has 1 aromatic heterocycles. The average Bonchev–Trinajstić information content (AvgIpc) is 2.04. The molecule has 0 saturated heterocycles. The second kappa shape index (κ2) is 3.67. The molecule has 7 heteroatoms. The van der Waals surface area contributed by atoms with E-state index in [1.165, 1.54) is 0 Å². The largest absolute Gasteiger partial charge is 0.376 e. The molecule has 0 aromatic carbocycles. The van der Waals surface area contributed by atoms with E-state index in [0.29, 0.717) is 5.95 Å². The zero-order chi connectivity index (χ0) is 8.97. The molecule has 12 heavy (non-hydrogen) atoms. The van der Waals surface area contributed by atoms with Gasteiger partial charge in [-0.3, -0.25) is 0 Å². The summed E-state index contributed by atoms with van der Waals surface area (Å²) in [5.74, 6) is 0.707. The number of aliphatic hydroxyl groups is 1. The fourth-order valence-corrected chi connectivity index (χ4v) is 0.654. The van der Waals surface area contributed by atoms with Crippen molar-refractivity contribution >= 4 is 17.8 Å². The van der Waals surface area contributed by atoms with E-state index in [9.17, 15) is 0 Å². The van der Waals surface area contributed by atoms with Crippen molar-refractivity contribution in [3.63, 3.8) is 0 Å². The van der Waals surface area contributed by atoms with Crippen molar-refractivity contribution in [1.29, 1.82) is 0 Å². The van der Waals surface area contributed by atoms with Gasteiger partial charge in [0.25, 0.3) is 0 Å². The quantitative estimate of drug-likeness (QED) is 0.424. The molecule has 0 aliphatic heterocycles. The molecule has 0 spiro atoms. The highest BCUT2D eigenvalue weighted by molar-refractivity contribution is 5.38. The topological polar surface area (TPSA) is 109 Å². The molecule has 0 aliphatic carbocycles. The summed E-state index contributed by atoms with van der Waals surface area (Å²) in [5.41, 5.74) is 5.34. The first-order chi connectivity index (χ1) is 5.76. The maximum atomic E-state index is 8.50. The van der Waals surface area contributed by atoms with Gasteiger partial charge in [-0.2, -0.15) is 15.0 Å². The Balaban J connectivity index is 2.90. The second-order valence-corrected chi connectivity index (χ2v) is 1.93. The number of nitrogens with one attached hydrogen (secondary N) is 2. The summed E-state index contributed by atoms with van der Waals surface area (Å²) >= 11 is 0. The van der Waals surface area contributed by atoms with Crippen molar-refractivity contribution in [2.75, 3.05) is 30.1 Å². The van der Waals surface area contributed by atoms with Gasteiger partial charge in [-0.05, 0) is 0 Å². The smallest absolute Gasteiger partial charge is 0.231 e. The first-order valence-corrected chi connectivity index (χ1v) is 3.30. The van der Waals surface area contributed by atoms with E-state index in [1.807, 2.05) is 0 Å². The number of hydrogen-bond donors (Lipinski definition) is 4. The second-order valence-electron chi connectivity index (χ2n) is 1.93. The van der Waals surface area contributed by atoms with Crippen LogP contribution >= 0.6 is 0 Å². The highest BCUT2D eigenvalue weighted by Gasteiger charge is 2.00. The maximum Gasteiger partial charge on any atom is 0.231 e. The number of rotatable bonds is 3. The molecule has 1 heterocycles. The highest BCUT2D eigenvalue weighted by atomic mass is 16.3. The number of anilines is 3. The Bertz CT molecular complexity index is 264. The SMILES string of the molecule is CNc1nc(N)nc(NCO)n1. The molecule has 1 aromatic rings. The van der Waals surface area contributed by atoms with Gasteiger partial charge in [0.1, 0.15) is 6.73 Å². The predicted molar refractivity (Wildman–Crippen MR) is 44.5 cm³/mol. The molecule has 0 amide bonds. The van der Waals surface area contributed by atoms with Gasteiger partial charge in [0.2, 0.25) is 17.8 Å². The van der Waals surface area contributed by atoms with Crippen LogP contribution in [0.5, 0.6) is 0 Å². The molecule has 5 N–H and O–H groups in total. The summed E-state index contributed by atoms with van der Waals surface area (Å²) in [6, 6.07) is 0. The Hall–Kier alpha value is -1.63. The zero-order valence-corrected chi connectivity index (χ0v) is 6.57. The molecule has 0 radical (unpaired) electrons. The molecule has 0 aliphatic rings. The van der Waals surface area contributed by atoms with Gasteiger partial charge in [0.05, 0.1) is 0 Å². The van der Waals surface area contributed by atoms with Crippen molar-refractivity contribution in [3.8, 4) is 0 Å². The van der Waals surface area contributed by atoms with Crippen LogP contribution in [0.1, 0.15) is 0 Å². The van der Waals surface area contributed by atoms with Crippen LogP contribution in [0.15, 0.2) is 0 Å². The number of nitrogen functional groups attached to an aromatic ring is 1. The zero-order valence-electron chi connectivity index (χ0n) is 6.57. The Morgan fingerprint density at radius 2 is 2.00 bits per heavy atom. The van der Waals surface area contributed by atoms with Gasteiger partial charge in [-0.15, -0.1) is 0 Å². The highest BCUT2D eigenvalue weighted by Crippen LogP contribution is 2.04. The summed E-state index contributed by atoms with van der Waals surface area (Å²) in [7, 11) is 1.66. The standard InChI is InChI=1S/C5H10N6O/c1-7-4-9-3(6)10-5(11-4)8-2-12/h12H,2H2,1H3,(H4,6,7,8,9,10,11). The monoisotopic (exact) mass is 170 g/mol. The lowest BCUT2D eigenvalue weighted by Gasteiger charge is -2.03. The summed E-state index contributed by atoms with van der Waals surface area (Å²) < 4.78 is 0. The van der Waals surface area contributed by atoms with Gasteiger partial charge in [0, 0.05) is 7.05 Å². The van der Waals surface area contributed by atoms with Crippen LogP contribution in [0.25, 0.3) is 0 Å². The van der Waals surface area contributed by atoms with E-state index in [0.717, 1.165) is 0 Å². The van der Waals surface area contributed by atoms with E-state index in [1.54, 1.807) is 7.05 Å². The van der Waals surface area contributed by atoms with Gasteiger partial charge < -0.3 is 21.5 Å². The Labute approximate surface area is 69.1 Å². The summed E-state index contributed by atoms with van der Waals surface area (Å²) in [6.45, 7) is -0.243. The number of aromatic nitrogens is 3. The molecule has 66 valence electrons. The molecule has 0 unspecified atom stereocenters. The van der Waals surface area contributed by atoms with Crippen molar-refractivity contribution < 1.29 is 5.11 Å². The van der Waals surface area contributed by atoms with Crippen molar-refractivity contribution in [1.82, 2.24) is 15.0 Å². The van der Waals surface area contributed by atoms with Crippen LogP contribution < -0.4 is 16.4 Å². The summed E-state index contributed by atoms with van der Waals surface area (Å²) in [4.78, 5) is 11.3. The molecule has 0 bridgehead atoms. The van der Waals surface area contributed by atoms with Crippen LogP contribution in [-0.4, -0.2) is 33.8 Å². The minimum atomic E-state index is -0.243. The fraction of sp³-hybridized carbons (Fsp3) is 0.400. The van der Waals surface area contributed by atoms with Crippen LogP contribution in [-0.2, 0) is 0 Å². The van der Waals surface area contributed by atoms with Crippen LogP contribution in [0.4, 0.5) is 17.8 Å². The summed E-state index contributed by atoms with van der Waals surface area (Å²) in [6.07, 6.45) is 0. The van der Waals surface area contributed by atoms with Crippen LogP contribution in [0.3, 0.4) is 0 Å². The van der Waals surface area contributed by atoms with Crippen molar-refractivity contribution in [2.45, 2.75) is 0 Å². The molecule has 0 atom stereocenters. The van der Waals surface area contributed by atoms with Crippen molar-refractivity contribution in [3.05, 3.63) is 0 Å². The number of aliphatic hydroxyl groups excluding tert-OH is 1. The van der Waals surface area contributed by atoms with Gasteiger partial charge in [-0.25, -0.2) is 0 Å². The lowest BCUT2D eigenvalue weighted by atomic mass is 10.8. The fourth-order valence-electron chi connectivity index (χ4n) is 0.654. The Kier molecular flexibility index (Phi) is 2.59. The third-order valence-corrected chi connectivity index (χ3v) is 1.11. The number of nitrogens with two attached hydrogens (primary N) is 1. The normalized spacial score (nSPS) is 9.50. The van der Waals surface area contributed by atoms with Crippen LogP contribution in [0.2, 0.25) is 0 Å². The van der Waals surface area contributed by atoms with E-state index in [-0.39, 0.29) is 18.6 Å². The van der Waals surface area contributed by atoms with E-state index in [4.69, 9.17) is 10.8 Å².